The number of thioether (sulfide) groups is 1. The molecule has 1 aliphatic rings. The van der Waals surface area contributed by atoms with Crippen molar-refractivity contribution in [2.45, 2.75) is 12.8 Å². The van der Waals surface area contributed by atoms with Crippen LogP contribution >= 0.6 is 11.8 Å². The standard InChI is InChI=1S/C12H12F3NO2S/c13-12(14,15)18-10-3-1-2-9(5-10)16-11(17)4-8-6-19-7-8/h1-3,5,8H,4,6-7H2,(H,16,17). The number of rotatable bonds is 4. The fraction of sp³-hybridized carbons (Fsp3) is 0.417. The Morgan fingerprint density at radius 2 is 2.16 bits per heavy atom. The van der Waals surface area contributed by atoms with Crippen LogP contribution in [0.1, 0.15) is 6.42 Å². The highest BCUT2D eigenvalue weighted by Gasteiger charge is 2.31. The normalized spacial score (nSPS) is 15.7. The van der Waals surface area contributed by atoms with E-state index in [9.17, 15) is 18.0 Å². The second kappa shape index (κ2) is 5.73. The summed E-state index contributed by atoms with van der Waals surface area (Å²) in [7, 11) is 0. The quantitative estimate of drug-likeness (QED) is 0.925. The number of amides is 1. The number of nitrogens with one attached hydrogen (secondary N) is 1. The van der Waals surface area contributed by atoms with E-state index in [1.807, 2.05) is 0 Å². The van der Waals surface area contributed by atoms with Crippen molar-refractivity contribution in [3.05, 3.63) is 24.3 Å². The first-order chi connectivity index (χ1) is 8.92. The van der Waals surface area contributed by atoms with Gasteiger partial charge in [-0.15, -0.1) is 13.2 Å². The molecule has 1 aromatic rings. The van der Waals surface area contributed by atoms with Crippen LogP contribution in [0.3, 0.4) is 0 Å². The van der Waals surface area contributed by atoms with Gasteiger partial charge in [0.2, 0.25) is 5.91 Å². The molecule has 3 nitrogen and oxygen atoms in total. The van der Waals surface area contributed by atoms with E-state index in [2.05, 4.69) is 10.1 Å². The first kappa shape index (κ1) is 14.0. The van der Waals surface area contributed by atoms with Crippen LogP contribution < -0.4 is 10.1 Å². The van der Waals surface area contributed by atoms with Crippen molar-refractivity contribution in [3.63, 3.8) is 0 Å². The minimum atomic E-state index is -4.73. The first-order valence-corrected chi connectivity index (χ1v) is 6.81. The third-order valence-electron chi connectivity index (χ3n) is 2.53. The molecule has 7 heteroatoms. The molecule has 1 fully saturated rings. The molecule has 0 radical (unpaired) electrons. The van der Waals surface area contributed by atoms with Crippen molar-refractivity contribution in [3.8, 4) is 5.75 Å². The summed E-state index contributed by atoms with van der Waals surface area (Å²) in [5.74, 6) is 1.77. The van der Waals surface area contributed by atoms with Gasteiger partial charge in [-0.1, -0.05) is 6.07 Å². The van der Waals surface area contributed by atoms with E-state index in [1.54, 1.807) is 11.8 Å². The summed E-state index contributed by atoms with van der Waals surface area (Å²) in [6.07, 6.45) is -4.33. The van der Waals surface area contributed by atoms with Gasteiger partial charge in [0.25, 0.3) is 0 Å². The SMILES string of the molecule is O=C(CC1CSC1)Nc1cccc(OC(F)(F)F)c1. The van der Waals surface area contributed by atoms with E-state index in [0.29, 0.717) is 18.0 Å². The van der Waals surface area contributed by atoms with Crippen LogP contribution in [-0.2, 0) is 4.79 Å². The summed E-state index contributed by atoms with van der Waals surface area (Å²) in [6, 6.07) is 5.26. The Morgan fingerprint density at radius 3 is 2.74 bits per heavy atom. The number of carbonyl (C=O) groups is 1. The predicted molar refractivity (Wildman–Crippen MR) is 67.2 cm³/mol. The maximum Gasteiger partial charge on any atom is 0.573 e. The summed E-state index contributed by atoms with van der Waals surface area (Å²) in [4.78, 5) is 11.6. The molecule has 0 unspecified atom stereocenters. The molecule has 0 bridgehead atoms. The number of hydrogen-bond donors (Lipinski definition) is 1. The van der Waals surface area contributed by atoms with Crippen molar-refractivity contribution in [2.75, 3.05) is 16.8 Å². The Labute approximate surface area is 112 Å². The maximum atomic E-state index is 12.0. The van der Waals surface area contributed by atoms with Gasteiger partial charge in [0.05, 0.1) is 0 Å². The molecule has 1 saturated heterocycles. The molecule has 0 atom stereocenters. The molecule has 0 aromatic heterocycles. The van der Waals surface area contributed by atoms with Crippen molar-refractivity contribution in [2.24, 2.45) is 5.92 Å². The number of halogens is 3. The van der Waals surface area contributed by atoms with E-state index in [1.165, 1.54) is 18.2 Å². The van der Waals surface area contributed by atoms with Gasteiger partial charge in [-0.3, -0.25) is 4.79 Å². The number of carbonyl (C=O) groups excluding carboxylic acids is 1. The second-order valence-electron chi connectivity index (χ2n) is 4.23. The van der Waals surface area contributed by atoms with E-state index in [0.717, 1.165) is 17.6 Å². The highest BCUT2D eigenvalue weighted by molar-refractivity contribution is 8.00. The van der Waals surface area contributed by atoms with Gasteiger partial charge in [0.1, 0.15) is 5.75 Å². The average molecular weight is 291 g/mol. The van der Waals surface area contributed by atoms with Crippen LogP contribution in [0.15, 0.2) is 24.3 Å². The Kier molecular flexibility index (Phi) is 4.24. The minimum Gasteiger partial charge on any atom is -0.406 e. The lowest BCUT2D eigenvalue weighted by Crippen LogP contribution is -2.25. The second-order valence-corrected chi connectivity index (χ2v) is 5.31. The van der Waals surface area contributed by atoms with Crippen LogP contribution in [0.2, 0.25) is 0 Å². The third-order valence-corrected chi connectivity index (χ3v) is 3.95. The molecule has 0 aliphatic carbocycles. The molecular formula is C12H12F3NO2S. The van der Waals surface area contributed by atoms with Crippen LogP contribution in [0, 0.1) is 5.92 Å². The van der Waals surface area contributed by atoms with Gasteiger partial charge < -0.3 is 10.1 Å². The summed E-state index contributed by atoms with van der Waals surface area (Å²) in [6.45, 7) is 0. The number of benzene rings is 1. The van der Waals surface area contributed by atoms with Gasteiger partial charge in [-0.05, 0) is 29.6 Å². The summed E-state index contributed by atoms with van der Waals surface area (Å²) >= 11 is 1.78. The molecule has 19 heavy (non-hydrogen) atoms. The van der Waals surface area contributed by atoms with Crippen molar-refractivity contribution < 1.29 is 22.7 Å². The summed E-state index contributed by atoms with van der Waals surface area (Å²) < 4.78 is 39.9. The summed E-state index contributed by atoms with van der Waals surface area (Å²) in [5, 5.41) is 2.57. The topological polar surface area (TPSA) is 38.3 Å². The molecule has 1 amide bonds. The zero-order valence-corrected chi connectivity index (χ0v) is 10.7. The van der Waals surface area contributed by atoms with Gasteiger partial charge in [0, 0.05) is 18.2 Å². The van der Waals surface area contributed by atoms with Crippen LogP contribution in [-0.4, -0.2) is 23.8 Å². The van der Waals surface area contributed by atoms with Gasteiger partial charge in [0.15, 0.2) is 0 Å². The van der Waals surface area contributed by atoms with Crippen LogP contribution in [0.4, 0.5) is 18.9 Å². The maximum absolute atomic E-state index is 12.0. The van der Waals surface area contributed by atoms with Gasteiger partial charge in [-0.2, -0.15) is 11.8 Å². The highest BCUT2D eigenvalue weighted by Crippen LogP contribution is 2.28. The lowest BCUT2D eigenvalue weighted by molar-refractivity contribution is -0.274. The summed E-state index contributed by atoms with van der Waals surface area (Å²) in [5.41, 5.74) is 0.304. The molecule has 2 rings (SSSR count). The first-order valence-electron chi connectivity index (χ1n) is 5.66. The Balaban J connectivity index is 1.92. The van der Waals surface area contributed by atoms with E-state index < -0.39 is 6.36 Å². The smallest absolute Gasteiger partial charge is 0.406 e. The zero-order valence-electron chi connectivity index (χ0n) is 9.87. The molecule has 1 aliphatic heterocycles. The lowest BCUT2D eigenvalue weighted by atomic mass is 10.1. The number of ether oxygens (including phenoxy) is 1. The Morgan fingerprint density at radius 1 is 1.42 bits per heavy atom. The Hall–Kier alpha value is -1.37. The number of alkyl halides is 3. The van der Waals surface area contributed by atoms with Crippen molar-refractivity contribution >= 4 is 23.4 Å². The molecule has 104 valence electrons. The van der Waals surface area contributed by atoms with Crippen molar-refractivity contribution in [1.82, 2.24) is 0 Å². The molecule has 1 N–H and O–H groups in total. The van der Waals surface area contributed by atoms with E-state index in [-0.39, 0.29) is 11.7 Å². The van der Waals surface area contributed by atoms with Crippen molar-refractivity contribution in [1.29, 1.82) is 0 Å². The highest BCUT2D eigenvalue weighted by atomic mass is 32.2. The Bertz CT molecular complexity index is 461. The fourth-order valence-corrected chi connectivity index (χ4v) is 2.45. The predicted octanol–water partition coefficient (Wildman–Crippen LogP) is 3.28. The van der Waals surface area contributed by atoms with Gasteiger partial charge in [-0.25, -0.2) is 0 Å². The molecule has 0 saturated carbocycles. The molecule has 0 spiro atoms. The molecular weight excluding hydrogens is 279 g/mol. The van der Waals surface area contributed by atoms with Crippen LogP contribution in [0.25, 0.3) is 0 Å². The number of hydrogen-bond acceptors (Lipinski definition) is 3. The van der Waals surface area contributed by atoms with E-state index >= 15 is 0 Å². The number of anilines is 1. The van der Waals surface area contributed by atoms with Crippen LogP contribution in [0.5, 0.6) is 5.75 Å². The largest absolute Gasteiger partial charge is 0.573 e. The minimum absolute atomic E-state index is 0.186. The molecule has 1 aromatic carbocycles. The molecule has 1 heterocycles. The third kappa shape index (κ3) is 4.66. The van der Waals surface area contributed by atoms with E-state index in [4.69, 9.17) is 0 Å². The monoisotopic (exact) mass is 291 g/mol. The fourth-order valence-electron chi connectivity index (χ4n) is 1.65. The van der Waals surface area contributed by atoms with Gasteiger partial charge >= 0.3 is 6.36 Å². The average Bonchev–Trinajstić information content (AvgIpc) is 2.21. The lowest BCUT2D eigenvalue weighted by Gasteiger charge is -2.23. The zero-order chi connectivity index (χ0) is 13.9.